The van der Waals surface area contributed by atoms with Crippen LogP contribution in [0.25, 0.3) is 0 Å². The average molecular weight is 298 g/mol. The van der Waals surface area contributed by atoms with Gasteiger partial charge in [-0.1, -0.05) is 5.92 Å². The third kappa shape index (κ3) is 5.78. The number of carbonyl (C=O) groups is 2. The van der Waals surface area contributed by atoms with Gasteiger partial charge >= 0.3 is 18.6 Å². The normalized spacial score (nSPS) is 9.81. The highest BCUT2D eigenvalue weighted by Crippen LogP contribution is 2.17. The summed E-state index contributed by atoms with van der Waals surface area (Å²) < 4.78 is 28.1. The first-order chi connectivity index (χ1) is 9.92. The van der Waals surface area contributed by atoms with Crippen molar-refractivity contribution in [3.05, 3.63) is 24.3 Å². The summed E-state index contributed by atoms with van der Waals surface area (Å²) in [5.41, 5.74) is 0.286. The minimum Gasteiger partial charge on any atom is -0.480 e. The molecule has 6 nitrogen and oxygen atoms in total. The number of rotatable bonds is 6. The molecule has 0 heterocycles. The molecule has 0 atom stereocenters. The van der Waals surface area contributed by atoms with Gasteiger partial charge in [-0.15, -0.1) is 6.42 Å². The molecular weight excluding hydrogens is 286 g/mol. The molecule has 0 radical (unpaired) electrons. The summed E-state index contributed by atoms with van der Waals surface area (Å²) in [5.74, 6) is 0.901. The van der Waals surface area contributed by atoms with Gasteiger partial charge in [0, 0.05) is 5.69 Å². The Balaban J connectivity index is 2.68. The number of carbonyl (C=O) groups excluding carboxylic acids is 1. The number of aliphatic carboxylic acids is 1. The maximum atomic E-state index is 12.0. The number of carboxylic acids is 1. The van der Waals surface area contributed by atoms with Crippen molar-refractivity contribution in [3.63, 3.8) is 0 Å². The Hall–Kier alpha value is -2.82. The Morgan fingerprint density at radius 2 is 2.00 bits per heavy atom. The third-order valence-corrected chi connectivity index (χ3v) is 2.23. The smallest absolute Gasteiger partial charge is 0.387 e. The molecule has 0 spiro atoms. The van der Waals surface area contributed by atoms with E-state index >= 15 is 0 Å². The van der Waals surface area contributed by atoms with Crippen LogP contribution in [0.4, 0.5) is 19.3 Å². The van der Waals surface area contributed by atoms with Gasteiger partial charge in [-0.3, -0.25) is 4.79 Å². The largest absolute Gasteiger partial charge is 0.480 e. The summed E-state index contributed by atoms with van der Waals surface area (Å²) in [6.45, 7) is -3.67. The lowest BCUT2D eigenvalue weighted by molar-refractivity contribution is -0.137. The van der Waals surface area contributed by atoms with E-state index in [0.717, 1.165) is 4.90 Å². The maximum absolute atomic E-state index is 12.0. The van der Waals surface area contributed by atoms with Crippen LogP contribution < -0.4 is 10.1 Å². The molecule has 1 rings (SSSR count). The van der Waals surface area contributed by atoms with E-state index in [1.807, 2.05) is 0 Å². The van der Waals surface area contributed by atoms with Gasteiger partial charge in [0.25, 0.3) is 0 Å². The predicted molar refractivity (Wildman–Crippen MR) is 70.1 cm³/mol. The Kier molecular flexibility index (Phi) is 5.95. The summed E-state index contributed by atoms with van der Waals surface area (Å²) in [6.07, 6.45) is 5.05. The van der Waals surface area contributed by atoms with Crippen molar-refractivity contribution in [2.24, 2.45) is 0 Å². The lowest BCUT2D eigenvalue weighted by atomic mass is 10.3. The zero-order chi connectivity index (χ0) is 15.8. The molecule has 0 fully saturated rings. The minimum absolute atomic E-state index is 0.0611. The van der Waals surface area contributed by atoms with E-state index in [4.69, 9.17) is 11.5 Å². The first kappa shape index (κ1) is 16.2. The number of hydrogen-bond donors (Lipinski definition) is 2. The SMILES string of the molecule is C#CCN(CC(=O)O)C(=O)Nc1ccc(OC(F)F)cc1. The lowest BCUT2D eigenvalue weighted by Gasteiger charge is -2.18. The van der Waals surface area contributed by atoms with Crippen molar-refractivity contribution in [2.75, 3.05) is 18.4 Å². The molecule has 1 aromatic carbocycles. The monoisotopic (exact) mass is 298 g/mol. The van der Waals surface area contributed by atoms with Crippen LogP contribution in [0.15, 0.2) is 24.3 Å². The van der Waals surface area contributed by atoms with Crippen LogP contribution >= 0.6 is 0 Å². The molecule has 21 heavy (non-hydrogen) atoms. The summed E-state index contributed by atoms with van der Waals surface area (Å²) in [7, 11) is 0. The molecule has 8 heteroatoms. The number of terminal acetylenes is 1. The summed E-state index contributed by atoms with van der Waals surface area (Å²) in [6, 6.07) is 4.45. The topological polar surface area (TPSA) is 78.9 Å². The Labute approximate surface area is 119 Å². The second kappa shape index (κ2) is 7.69. The van der Waals surface area contributed by atoms with Crippen molar-refractivity contribution in [1.29, 1.82) is 0 Å². The number of nitrogens with zero attached hydrogens (tertiary/aromatic N) is 1. The fraction of sp³-hybridized carbons (Fsp3) is 0.231. The van der Waals surface area contributed by atoms with Crippen molar-refractivity contribution < 1.29 is 28.2 Å². The predicted octanol–water partition coefficient (Wildman–Crippen LogP) is 1.84. The number of hydrogen-bond acceptors (Lipinski definition) is 3. The molecule has 0 aromatic heterocycles. The number of carboxylic acid groups (broad SMARTS) is 1. The van der Waals surface area contributed by atoms with Crippen molar-refractivity contribution in [1.82, 2.24) is 4.90 Å². The van der Waals surface area contributed by atoms with Gasteiger partial charge in [-0.25, -0.2) is 4.79 Å². The molecule has 0 unspecified atom stereocenters. The standard InChI is InChI=1S/C13H12F2N2O4/c1-2-7-17(8-11(18)19)13(20)16-9-3-5-10(6-4-9)21-12(14)15/h1,3-6,12H,7-8H2,(H,16,20)(H,18,19). The van der Waals surface area contributed by atoms with Gasteiger partial charge in [0.05, 0.1) is 6.54 Å². The quantitative estimate of drug-likeness (QED) is 0.785. The number of nitrogens with one attached hydrogen (secondary N) is 1. The molecule has 112 valence electrons. The van der Waals surface area contributed by atoms with E-state index in [1.54, 1.807) is 0 Å². The van der Waals surface area contributed by atoms with Crippen LogP contribution in [0.5, 0.6) is 5.75 Å². The first-order valence-corrected chi connectivity index (χ1v) is 5.68. The number of halogens is 2. The van der Waals surface area contributed by atoms with Crippen LogP contribution in [-0.4, -0.2) is 41.7 Å². The molecule has 0 saturated heterocycles. The minimum atomic E-state index is -2.94. The third-order valence-electron chi connectivity index (χ3n) is 2.23. The summed E-state index contributed by atoms with van der Waals surface area (Å²) in [4.78, 5) is 23.3. The fourth-order valence-corrected chi connectivity index (χ4v) is 1.40. The van der Waals surface area contributed by atoms with Gasteiger partial charge in [0.15, 0.2) is 0 Å². The average Bonchev–Trinajstić information content (AvgIpc) is 2.39. The summed E-state index contributed by atoms with van der Waals surface area (Å²) in [5, 5.41) is 11.1. The molecule has 2 amide bonds. The van der Waals surface area contributed by atoms with Crippen LogP contribution in [0, 0.1) is 12.3 Å². The molecule has 0 aliphatic carbocycles. The molecule has 2 N–H and O–H groups in total. The van der Waals surface area contributed by atoms with Gasteiger partial charge < -0.3 is 20.1 Å². The Morgan fingerprint density at radius 1 is 1.38 bits per heavy atom. The van der Waals surface area contributed by atoms with E-state index in [0.29, 0.717) is 0 Å². The zero-order valence-electron chi connectivity index (χ0n) is 10.8. The molecule has 0 aliphatic heterocycles. The number of urea groups is 1. The number of benzene rings is 1. The second-order valence-corrected chi connectivity index (χ2v) is 3.79. The highest BCUT2D eigenvalue weighted by Gasteiger charge is 2.15. The van der Waals surface area contributed by atoms with E-state index in [1.165, 1.54) is 24.3 Å². The van der Waals surface area contributed by atoms with Gasteiger partial charge in [-0.05, 0) is 24.3 Å². The summed E-state index contributed by atoms with van der Waals surface area (Å²) >= 11 is 0. The van der Waals surface area contributed by atoms with E-state index < -0.39 is 25.2 Å². The van der Waals surface area contributed by atoms with Crippen LogP contribution in [0.1, 0.15) is 0 Å². The van der Waals surface area contributed by atoms with Crippen molar-refractivity contribution in [3.8, 4) is 18.1 Å². The maximum Gasteiger partial charge on any atom is 0.387 e. The zero-order valence-corrected chi connectivity index (χ0v) is 10.8. The molecule has 0 aliphatic rings. The Morgan fingerprint density at radius 3 is 2.48 bits per heavy atom. The highest BCUT2D eigenvalue weighted by atomic mass is 19.3. The van der Waals surface area contributed by atoms with Crippen molar-refractivity contribution in [2.45, 2.75) is 6.61 Å². The Bertz CT molecular complexity index is 540. The first-order valence-electron chi connectivity index (χ1n) is 5.68. The van der Waals surface area contributed by atoms with Gasteiger partial charge in [-0.2, -0.15) is 8.78 Å². The highest BCUT2D eigenvalue weighted by molar-refractivity contribution is 5.91. The van der Waals surface area contributed by atoms with Crippen LogP contribution in [0.3, 0.4) is 0 Å². The van der Waals surface area contributed by atoms with Gasteiger partial charge in [0.1, 0.15) is 12.3 Å². The number of ether oxygens (including phenoxy) is 1. The number of alkyl halides is 2. The molecule has 0 saturated carbocycles. The fourth-order valence-electron chi connectivity index (χ4n) is 1.40. The van der Waals surface area contributed by atoms with E-state index in [2.05, 4.69) is 16.0 Å². The van der Waals surface area contributed by atoms with Crippen LogP contribution in [-0.2, 0) is 4.79 Å². The van der Waals surface area contributed by atoms with Crippen molar-refractivity contribution >= 4 is 17.7 Å². The van der Waals surface area contributed by atoms with E-state index in [-0.39, 0.29) is 18.0 Å². The number of amides is 2. The van der Waals surface area contributed by atoms with E-state index in [9.17, 15) is 18.4 Å². The molecule has 0 bridgehead atoms. The van der Waals surface area contributed by atoms with Gasteiger partial charge in [0.2, 0.25) is 0 Å². The number of anilines is 1. The molecular formula is C13H12F2N2O4. The lowest BCUT2D eigenvalue weighted by Crippen LogP contribution is -2.39. The molecule has 1 aromatic rings. The second-order valence-electron chi connectivity index (χ2n) is 3.79. The van der Waals surface area contributed by atoms with Crippen LogP contribution in [0.2, 0.25) is 0 Å².